The van der Waals surface area contributed by atoms with Crippen LogP contribution in [0.5, 0.6) is 0 Å². The quantitative estimate of drug-likeness (QED) is 0.143. The molecular formula is C17H34N6O4. The minimum Gasteiger partial charge on any atom is -0.480 e. The Labute approximate surface area is 160 Å². The van der Waals surface area contributed by atoms with E-state index in [1.165, 1.54) is 0 Å². The molecule has 0 saturated carbocycles. The predicted octanol–water partition coefficient (Wildman–Crippen LogP) is -0.876. The summed E-state index contributed by atoms with van der Waals surface area (Å²) in [5.74, 6) is -2.21. The van der Waals surface area contributed by atoms with E-state index in [9.17, 15) is 19.5 Å². The van der Waals surface area contributed by atoms with E-state index < -0.39 is 35.9 Å². The van der Waals surface area contributed by atoms with Crippen LogP contribution in [0.2, 0.25) is 0 Å². The molecule has 0 aliphatic rings. The van der Waals surface area contributed by atoms with Gasteiger partial charge in [0.1, 0.15) is 12.1 Å². The van der Waals surface area contributed by atoms with Gasteiger partial charge in [0.15, 0.2) is 5.96 Å². The molecule has 0 aliphatic carbocycles. The first-order valence-electron chi connectivity index (χ1n) is 9.10. The van der Waals surface area contributed by atoms with Gasteiger partial charge < -0.3 is 32.9 Å². The molecule has 0 aromatic rings. The normalized spacial score (nSPS) is 14.3. The molecule has 0 unspecified atom stereocenters. The molecule has 0 bridgehead atoms. The van der Waals surface area contributed by atoms with Crippen LogP contribution in [-0.4, -0.2) is 53.5 Å². The lowest BCUT2D eigenvalue weighted by molar-refractivity contribution is -0.142. The van der Waals surface area contributed by atoms with Gasteiger partial charge in [0, 0.05) is 6.54 Å². The number of aliphatic imine (C=N–C) groups is 1. The summed E-state index contributed by atoms with van der Waals surface area (Å²) in [4.78, 5) is 40.0. The first-order chi connectivity index (χ1) is 12.5. The van der Waals surface area contributed by atoms with Crippen molar-refractivity contribution in [3.8, 4) is 0 Å². The summed E-state index contributed by atoms with van der Waals surface area (Å²) >= 11 is 0. The number of nitrogens with zero attached hydrogens (tertiary/aromatic N) is 1. The van der Waals surface area contributed by atoms with Crippen molar-refractivity contribution in [2.75, 3.05) is 6.54 Å². The fourth-order valence-electron chi connectivity index (χ4n) is 2.31. The number of carboxylic acids is 1. The average molecular weight is 386 g/mol. The Morgan fingerprint density at radius 3 is 2.00 bits per heavy atom. The Hall–Kier alpha value is -2.36. The lowest BCUT2D eigenvalue weighted by atomic mass is 10.00. The molecule has 10 nitrogen and oxygen atoms in total. The van der Waals surface area contributed by atoms with E-state index in [1.807, 2.05) is 13.8 Å². The van der Waals surface area contributed by atoms with E-state index in [-0.39, 0.29) is 30.8 Å². The van der Waals surface area contributed by atoms with Crippen LogP contribution in [0.1, 0.15) is 47.0 Å². The fraction of sp³-hybridized carbons (Fsp3) is 0.765. The second kappa shape index (κ2) is 12.1. The molecule has 0 aliphatic heterocycles. The van der Waals surface area contributed by atoms with Gasteiger partial charge in [-0.1, -0.05) is 27.7 Å². The Balaban J connectivity index is 4.98. The molecule has 0 saturated heterocycles. The number of nitrogens with two attached hydrogens (primary N) is 3. The largest absolute Gasteiger partial charge is 0.480 e. The zero-order valence-corrected chi connectivity index (χ0v) is 16.6. The molecule has 0 spiro atoms. The maximum Gasteiger partial charge on any atom is 0.326 e. The minimum atomic E-state index is -1.17. The van der Waals surface area contributed by atoms with Crippen molar-refractivity contribution >= 4 is 23.7 Å². The zero-order valence-electron chi connectivity index (χ0n) is 16.6. The molecule has 27 heavy (non-hydrogen) atoms. The highest BCUT2D eigenvalue weighted by Gasteiger charge is 2.28. The second-order valence-corrected chi connectivity index (χ2v) is 7.31. The SMILES string of the molecule is CC(C)C[C@H](NC(=O)[C@H](N)C(C)C)C(=O)N[C@@H](CCCN=C(N)N)C(=O)O. The number of guanidine groups is 1. The molecule has 0 heterocycles. The number of carbonyl (C=O) groups excluding carboxylic acids is 2. The molecule has 2 amide bonds. The third-order valence-corrected chi connectivity index (χ3v) is 3.92. The molecular weight excluding hydrogens is 352 g/mol. The van der Waals surface area contributed by atoms with Crippen molar-refractivity contribution in [1.29, 1.82) is 0 Å². The van der Waals surface area contributed by atoms with Gasteiger partial charge in [0.2, 0.25) is 11.8 Å². The van der Waals surface area contributed by atoms with E-state index in [2.05, 4.69) is 15.6 Å². The molecule has 10 heteroatoms. The topological polar surface area (TPSA) is 186 Å². The van der Waals surface area contributed by atoms with Crippen molar-refractivity contribution in [2.24, 2.45) is 34.0 Å². The van der Waals surface area contributed by atoms with Gasteiger partial charge in [-0.05, 0) is 31.1 Å². The number of hydrogen-bond donors (Lipinski definition) is 6. The van der Waals surface area contributed by atoms with E-state index in [4.69, 9.17) is 17.2 Å². The van der Waals surface area contributed by atoms with Gasteiger partial charge in [-0.3, -0.25) is 14.6 Å². The Bertz CT molecular complexity index is 532. The number of amides is 2. The molecule has 3 atom stereocenters. The third-order valence-electron chi connectivity index (χ3n) is 3.92. The maximum atomic E-state index is 12.6. The van der Waals surface area contributed by atoms with Crippen molar-refractivity contribution < 1.29 is 19.5 Å². The van der Waals surface area contributed by atoms with E-state index in [1.54, 1.807) is 13.8 Å². The first kappa shape index (κ1) is 24.6. The third kappa shape index (κ3) is 10.4. The lowest BCUT2D eigenvalue weighted by Gasteiger charge is -2.25. The summed E-state index contributed by atoms with van der Waals surface area (Å²) in [6, 6.07) is -2.71. The Morgan fingerprint density at radius 1 is 1.00 bits per heavy atom. The van der Waals surface area contributed by atoms with E-state index >= 15 is 0 Å². The summed E-state index contributed by atoms with van der Waals surface area (Å²) < 4.78 is 0. The summed E-state index contributed by atoms with van der Waals surface area (Å²) in [6.07, 6.45) is 0.906. The molecule has 0 rings (SSSR count). The van der Waals surface area contributed by atoms with Crippen LogP contribution in [0.4, 0.5) is 0 Å². The second-order valence-electron chi connectivity index (χ2n) is 7.31. The Morgan fingerprint density at radius 2 is 1.56 bits per heavy atom. The number of aliphatic carboxylic acids is 1. The van der Waals surface area contributed by atoms with Crippen molar-refractivity contribution in [1.82, 2.24) is 10.6 Å². The zero-order chi connectivity index (χ0) is 21.1. The van der Waals surface area contributed by atoms with Crippen LogP contribution < -0.4 is 27.8 Å². The van der Waals surface area contributed by atoms with Crippen LogP contribution >= 0.6 is 0 Å². The van der Waals surface area contributed by atoms with Crippen LogP contribution in [0.15, 0.2) is 4.99 Å². The van der Waals surface area contributed by atoms with Gasteiger partial charge >= 0.3 is 5.97 Å². The van der Waals surface area contributed by atoms with Crippen molar-refractivity contribution in [2.45, 2.75) is 65.1 Å². The monoisotopic (exact) mass is 386 g/mol. The Kier molecular flexibility index (Phi) is 11.0. The molecule has 0 fully saturated rings. The highest BCUT2D eigenvalue weighted by molar-refractivity contribution is 5.91. The minimum absolute atomic E-state index is 0.0767. The van der Waals surface area contributed by atoms with E-state index in [0.29, 0.717) is 12.8 Å². The van der Waals surface area contributed by atoms with Crippen LogP contribution in [0, 0.1) is 11.8 Å². The van der Waals surface area contributed by atoms with Crippen LogP contribution in [0.25, 0.3) is 0 Å². The van der Waals surface area contributed by atoms with Gasteiger partial charge in [0.05, 0.1) is 6.04 Å². The van der Waals surface area contributed by atoms with Crippen molar-refractivity contribution in [3.05, 3.63) is 0 Å². The average Bonchev–Trinajstić information content (AvgIpc) is 2.54. The summed E-state index contributed by atoms with van der Waals surface area (Å²) in [5, 5.41) is 14.4. The van der Waals surface area contributed by atoms with Gasteiger partial charge in [-0.2, -0.15) is 0 Å². The molecule has 0 aromatic heterocycles. The highest BCUT2D eigenvalue weighted by atomic mass is 16.4. The number of carbonyl (C=O) groups is 3. The molecule has 0 radical (unpaired) electrons. The number of rotatable bonds is 12. The predicted molar refractivity (Wildman–Crippen MR) is 104 cm³/mol. The molecule has 156 valence electrons. The fourth-order valence-corrected chi connectivity index (χ4v) is 2.31. The smallest absolute Gasteiger partial charge is 0.326 e. The number of nitrogens with one attached hydrogen (secondary N) is 2. The van der Waals surface area contributed by atoms with Gasteiger partial charge in [-0.25, -0.2) is 4.79 Å². The van der Waals surface area contributed by atoms with Crippen molar-refractivity contribution in [3.63, 3.8) is 0 Å². The van der Waals surface area contributed by atoms with Gasteiger partial charge in [-0.15, -0.1) is 0 Å². The molecule has 9 N–H and O–H groups in total. The first-order valence-corrected chi connectivity index (χ1v) is 9.10. The summed E-state index contributed by atoms with van der Waals surface area (Å²) in [7, 11) is 0. The molecule has 0 aromatic carbocycles. The standard InChI is InChI=1S/C17H34N6O4/c1-9(2)8-12(23-15(25)13(18)10(3)4)14(24)22-11(16(26)27)6-5-7-21-17(19)20/h9-13H,5-8,18H2,1-4H3,(H,22,24)(H,23,25)(H,26,27)(H4,19,20,21)/t11-,12-,13+/m0/s1. The van der Waals surface area contributed by atoms with Crippen LogP contribution in [-0.2, 0) is 14.4 Å². The number of hydrogen-bond acceptors (Lipinski definition) is 5. The maximum absolute atomic E-state index is 12.6. The summed E-state index contributed by atoms with van der Waals surface area (Å²) in [5.41, 5.74) is 16.3. The lowest BCUT2D eigenvalue weighted by Crippen LogP contribution is -2.55. The summed E-state index contributed by atoms with van der Waals surface area (Å²) in [6.45, 7) is 7.67. The highest BCUT2D eigenvalue weighted by Crippen LogP contribution is 2.08. The number of carboxylic acid groups (broad SMARTS) is 1. The van der Waals surface area contributed by atoms with Crippen LogP contribution in [0.3, 0.4) is 0 Å². The van der Waals surface area contributed by atoms with Gasteiger partial charge in [0.25, 0.3) is 0 Å². The van der Waals surface area contributed by atoms with E-state index in [0.717, 1.165) is 0 Å².